The first-order valence-electron chi connectivity index (χ1n) is 4.40. The number of carbonyl (C=O) groups excluding carboxylic acids is 1. The van der Waals surface area contributed by atoms with E-state index in [4.69, 9.17) is 9.15 Å². The molecule has 3 heteroatoms. The zero-order valence-electron chi connectivity index (χ0n) is 8.16. The van der Waals surface area contributed by atoms with E-state index in [9.17, 15) is 4.79 Å². The largest absolute Gasteiger partial charge is 0.457 e. The topological polar surface area (TPSA) is 39.4 Å². The van der Waals surface area contributed by atoms with E-state index in [0.29, 0.717) is 5.76 Å². The van der Waals surface area contributed by atoms with E-state index in [-0.39, 0.29) is 12.1 Å². The highest BCUT2D eigenvalue weighted by Gasteiger charge is 2.15. The Hall–Kier alpha value is -1.25. The van der Waals surface area contributed by atoms with Gasteiger partial charge in [-0.2, -0.15) is 0 Å². The Morgan fingerprint density at radius 1 is 1.69 bits per heavy atom. The van der Waals surface area contributed by atoms with Crippen LogP contribution in [0.3, 0.4) is 0 Å². The summed E-state index contributed by atoms with van der Waals surface area (Å²) in [5, 5.41) is 0. The van der Waals surface area contributed by atoms with Crippen LogP contribution >= 0.6 is 0 Å². The molecule has 1 aromatic rings. The van der Waals surface area contributed by atoms with Gasteiger partial charge in [0.2, 0.25) is 5.76 Å². The molecular weight excluding hydrogens is 168 g/mol. The SMILES string of the molecule is CCC(C)OC(=O)c1occc1C. The summed E-state index contributed by atoms with van der Waals surface area (Å²) in [4.78, 5) is 11.4. The molecule has 1 unspecified atom stereocenters. The summed E-state index contributed by atoms with van der Waals surface area (Å²) >= 11 is 0. The molecule has 0 aliphatic carbocycles. The predicted octanol–water partition coefficient (Wildman–Crippen LogP) is 2.54. The maximum Gasteiger partial charge on any atom is 0.374 e. The summed E-state index contributed by atoms with van der Waals surface area (Å²) < 4.78 is 10.1. The molecule has 13 heavy (non-hydrogen) atoms. The summed E-state index contributed by atoms with van der Waals surface area (Å²) in [6, 6.07) is 1.74. The van der Waals surface area contributed by atoms with Crippen LogP contribution in [0.2, 0.25) is 0 Å². The van der Waals surface area contributed by atoms with Gasteiger partial charge in [0.1, 0.15) is 0 Å². The highest BCUT2D eigenvalue weighted by molar-refractivity contribution is 5.87. The Labute approximate surface area is 77.7 Å². The normalized spacial score (nSPS) is 12.5. The second-order valence-corrected chi connectivity index (χ2v) is 3.06. The van der Waals surface area contributed by atoms with Gasteiger partial charge in [-0.3, -0.25) is 0 Å². The third-order valence-electron chi connectivity index (χ3n) is 1.93. The minimum absolute atomic E-state index is 0.0583. The highest BCUT2D eigenvalue weighted by atomic mass is 16.6. The van der Waals surface area contributed by atoms with Crippen molar-refractivity contribution >= 4 is 5.97 Å². The van der Waals surface area contributed by atoms with Crippen LogP contribution < -0.4 is 0 Å². The summed E-state index contributed by atoms with van der Waals surface area (Å²) in [5.41, 5.74) is 0.813. The Bertz CT molecular complexity index is 288. The van der Waals surface area contributed by atoms with Crippen molar-refractivity contribution in [1.82, 2.24) is 0 Å². The number of rotatable bonds is 3. The van der Waals surface area contributed by atoms with Crippen LogP contribution in [0.5, 0.6) is 0 Å². The van der Waals surface area contributed by atoms with Crippen molar-refractivity contribution in [2.75, 3.05) is 0 Å². The second-order valence-electron chi connectivity index (χ2n) is 3.06. The van der Waals surface area contributed by atoms with E-state index in [1.807, 2.05) is 20.8 Å². The number of esters is 1. The number of hydrogen-bond acceptors (Lipinski definition) is 3. The Morgan fingerprint density at radius 2 is 2.38 bits per heavy atom. The van der Waals surface area contributed by atoms with Crippen LogP contribution in [-0.4, -0.2) is 12.1 Å². The molecule has 1 rings (SSSR count). The molecule has 1 heterocycles. The average Bonchev–Trinajstić information content (AvgIpc) is 2.51. The maximum atomic E-state index is 11.4. The predicted molar refractivity (Wildman–Crippen MR) is 48.6 cm³/mol. The smallest absolute Gasteiger partial charge is 0.374 e. The number of aryl methyl sites for hydroxylation is 1. The lowest BCUT2D eigenvalue weighted by Gasteiger charge is -2.09. The van der Waals surface area contributed by atoms with E-state index in [0.717, 1.165) is 12.0 Å². The lowest BCUT2D eigenvalue weighted by molar-refractivity contribution is 0.0297. The van der Waals surface area contributed by atoms with Crippen molar-refractivity contribution in [3.05, 3.63) is 23.7 Å². The van der Waals surface area contributed by atoms with Crippen molar-refractivity contribution < 1.29 is 13.9 Å². The summed E-state index contributed by atoms with van der Waals surface area (Å²) in [6.45, 7) is 5.64. The molecule has 0 aromatic carbocycles. The first-order valence-corrected chi connectivity index (χ1v) is 4.40. The molecule has 72 valence electrons. The highest BCUT2D eigenvalue weighted by Crippen LogP contribution is 2.11. The molecule has 0 N–H and O–H groups in total. The molecule has 1 aromatic heterocycles. The van der Waals surface area contributed by atoms with E-state index in [2.05, 4.69) is 0 Å². The lowest BCUT2D eigenvalue weighted by atomic mass is 10.3. The number of carbonyl (C=O) groups is 1. The molecule has 0 bridgehead atoms. The van der Waals surface area contributed by atoms with E-state index in [1.54, 1.807) is 6.07 Å². The minimum Gasteiger partial charge on any atom is -0.457 e. The third kappa shape index (κ3) is 2.34. The van der Waals surface area contributed by atoms with E-state index >= 15 is 0 Å². The van der Waals surface area contributed by atoms with Crippen LogP contribution in [0.25, 0.3) is 0 Å². The van der Waals surface area contributed by atoms with Crippen molar-refractivity contribution in [2.45, 2.75) is 33.3 Å². The van der Waals surface area contributed by atoms with Gasteiger partial charge >= 0.3 is 5.97 Å². The molecule has 1 atom stereocenters. The molecule has 0 saturated carbocycles. The zero-order valence-corrected chi connectivity index (χ0v) is 8.16. The van der Waals surface area contributed by atoms with Gasteiger partial charge in [0.05, 0.1) is 12.4 Å². The van der Waals surface area contributed by atoms with Gasteiger partial charge in [-0.05, 0) is 26.3 Å². The Balaban J connectivity index is 2.64. The van der Waals surface area contributed by atoms with Crippen LogP contribution in [0, 0.1) is 6.92 Å². The van der Waals surface area contributed by atoms with Gasteiger partial charge in [0.15, 0.2) is 0 Å². The summed E-state index contributed by atoms with van der Waals surface area (Å²) in [6.07, 6.45) is 2.24. The molecule has 0 spiro atoms. The molecule has 0 aliphatic rings. The molecule has 0 radical (unpaired) electrons. The Kier molecular flexibility index (Phi) is 3.12. The van der Waals surface area contributed by atoms with Crippen LogP contribution in [0.15, 0.2) is 16.7 Å². The van der Waals surface area contributed by atoms with Gasteiger partial charge in [0.25, 0.3) is 0 Å². The lowest BCUT2D eigenvalue weighted by Crippen LogP contribution is -2.14. The van der Waals surface area contributed by atoms with Crippen LogP contribution in [-0.2, 0) is 4.74 Å². The first-order chi connectivity index (χ1) is 6.15. The van der Waals surface area contributed by atoms with Crippen molar-refractivity contribution in [1.29, 1.82) is 0 Å². The Morgan fingerprint density at radius 3 is 2.85 bits per heavy atom. The fourth-order valence-corrected chi connectivity index (χ4v) is 0.901. The van der Waals surface area contributed by atoms with Gasteiger partial charge < -0.3 is 9.15 Å². The summed E-state index contributed by atoms with van der Waals surface area (Å²) in [5.74, 6) is -0.0721. The maximum absolute atomic E-state index is 11.4. The van der Waals surface area contributed by atoms with Gasteiger partial charge in [-0.1, -0.05) is 6.92 Å². The number of ether oxygens (including phenoxy) is 1. The third-order valence-corrected chi connectivity index (χ3v) is 1.93. The molecule has 3 nitrogen and oxygen atoms in total. The van der Waals surface area contributed by atoms with Gasteiger partial charge in [-0.25, -0.2) is 4.79 Å². The molecule has 0 aliphatic heterocycles. The number of hydrogen-bond donors (Lipinski definition) is 0. The van der Waals surface area contributed by atoms with Crippen LogP contribution in [0.4, 0.5) is 0 Å². The minimum atomic E-state index is -0.378. The zero-order chi connectivity index (χ0) is 9.84. The second kappa shape index (κ2) is 4.12. The number of furan rings is 1. The van der Waals surface area contributed by atoms with Gasteiger partial charge in [-0.15, -0.1) is 0 Å². The molecular formula is C10H14O3. The standard InChI is InChI=1S/C10H14O3/c1-4-8(3)13-10(11)9-7(2)5-6-12-9/h5-6,8H,4H2,1-3H3. The molecule has 0 amide bonds. The monoisotopic (exact) mass is 182 g/mol. The van der Waals surface area contributed by atoms with E-state index < -0.39 is 0 Å². The average molecular weight is 182 g/mol. The van der Waals surface area contributed by atoms with Crippen LogP contribution in [0.1, 0.15) is 36.4 Å². The van der Waals surface area contributed by atoms with E-state index in [1.165, 1.54) is 6.26 Å². The van der Waals surface area contributed by atoms with Crippen molar-refractivity contribution in [3.8, 4) is 0 Å². The fourth-order valence-electron chi connectivity index (χ4n) is 0.901. The quantitative estimate of drug-likeness (QED) is 0.674. The van der Waals surface area contributed by atoms with Crippen molar-refractivity contribution in [2.24, 2.45) is 0 Å². The fraction of sp³-hybridized carbons (Fsp3) is 0.500. The molecule has 0 saturated heterocycles. The summed E-state index contributed by atoms with van der Waals surface area (Å²) in [7, 11) is 0. The van der Waals surface area contributed by atoms with Crippen molar-refractivity contribution in [3.63, 3.8) is 0 Å². The van der Waals surface area contributed by atoms with Gasteiger partial charge in [0, 0.05) is 5.56 Å². The molecule has 0 fully saturated rings. The first kappa shape index (κ1) is 9.84.